The maximum atomic E-state index is 11.8. The van der Waals surface area contributed by atoms with Gasteiger partial charge in [-0.25, -0.2) is 9.59 Å². The highest BCUT2D eigenvalue weighted by Crippen LogP contribution is 2.26. The second kappa shape index (κ2) is 8.29. The Balaban J connectivity index is 1.79. The van der Waals surface area contributed by atoms with Crippen molar-refractivity contribution in [1.82, 2.24) is 19.8 Å². The van der Waals surface area contributed by atoms with Gasteiger partial charge < -0.3 is 19.7 Å². The molecule has 2 N–H and O–H groups in total. The number of likely N-dealkylation sites (N-methyl/N-ethyl adjacent to an activating group) is 1. The standard InChI is InChI=1S/C14H20N4O6/c1-17(7-5-15-9-19)14(22)23-8-10-2-3-12(24-10)18-6-4-11(20)16-13(18)21/h4,6,9-10,12H,2-3,5,7-8H2,1H3,(H,15,19)(H,16,20,21). The van der Waals surface area contributed by atoms with E-state index >= 15 is 0 Å². The molecule has 1 fully saturated rings. The van der Waals surface area contributed by atoms with Crippen LogP contribution in [-0.2, 0) is 14.3 Å². The van der Waals surface area contributed by atoms with Gasteiger partial charge in [0.2, 0.25) is 6.41 Å². The van der Waals surface area contributed by atoms with Crippen molar-refractivity contribution in [2.24, 2.45) is 0 Å². The highest BCUT2D eigenvalue weighted by Gasteiger charge is 2.28. The molecule has 24 heavy (non-hydrogen) atoms. The molecular formula is C14H20N4O6. The van der Waals surface area contributed by atoms with E-state index in [2.05, 4.69) is 10.3 Å². The molecule has 10 nitrogen and oxygen atoms in total. The average Bonchev–Trinajstić information content (AvgIpc) is 3.01. The summed E-state index contributed by atoms with van der Waals surface area (Å²) in [6.45, 7) is 0.740. The lowest BCUT2D eigenvalue weighted by atomic mass is 10.2. The van der Waals surface area contributed by atoms with Gasteiger partial charge in [-0.05, 0) is 12.8 Å². The monoisotopic (exact) mass is 340 g/mol. The van der Waals surface area contributed by atoms with E-state index in [9.17, 15) is 19.2 Å². The molecule has 10 heteroatoms. The quantitative estimate of drug-likeness (QED) is 0.486. The summed E-state index contributed by atoms with van der Waals surface area (Å²) in [5.41, 5.74) is -1.00. The predicted octanol–water partition coefficient (Wildman–Crippen LogP) is -0.971. The molecule has 1 aromatic heterocycles. The maximum Gasteiger partial charge on any atom is 0.409 e. The second-order valence-corrected chi connectivity index (χ2v) is 5.38. The molecule has 1 aromatic rings. The molecule has 2 rings (SSSR count). The average molecular weight is 340 g/mol. The number of nitrogens with zero attached hydrogens (tertiary/aromatic N) is 2. The van der Waals surface area contributed by atoms with Crippen LogP contribution in [0.4, 0.5) is 4.79 Å². The minimum Gasteiger partial charge on any atom is -0.447 e. The molecule has 2 heterocycles. The summed E-state index contributed by atoms with van der Waals surface area (Å²) in [6, 6.07) is 1.25. The molecule has 1 saturated heterocycles. The SMILES string of the molecule is CN(CCNC=O)C(=O)OCC1CCC(n2ccc(=O)[nH]c2=O)O1. The lowest BCUT2D eigenvalue weighted by Crippen LogP contribution is -2.35. The Labute approximate surface area is 137 Å². The fourth-order valence-electron chi connectivity index (χ4n) is 2.32. The smallest absolute Gasteiger partial charge is 0.409 e. The number of hydrogen-bond acceptors (Lipinski definition) is 6. The van der Waals surface area contributed by atoms with Crippen molar-refractivity contribution >= 4 is 12.5 Å². The predicted molar refractivity (Wildman–Crippen MR) is 82.5 cm³/mol. The van der Waals surface area contributed by atoms with E-state index in [0.29, 0.717) is 32.3 Å². The van der Waals surface area contributed by atoms with Crippen LogP contribution < -0.4 is 16.6 Å². The van der Waals surface area contributed by atoms with Gasteiger partial charge in [-0.15, -0.1) is 0 Å². The molecule has 2 atom stereocenters. The molecule has 132 valence electrons. The molecule has 0 saturated carbocycles. The summed E-state index contributed by atoms with van der Waals surface area (Å²) < 4.78 is 12.1. The minimum absolute atomic E-state index is 0.0683. The van der Waals surface area contributed by atoms with Crippen molar-refractivity contribution < 1.29 is 19.1 Å². The van der Waals surface area contributed by atoms with Crippen molar-refractivity contribution in [2.45, 2.75) is 25.2 Å². The van der Waals surface area contributed by atoms with Crippen LogP contribution in [0.3, 0.4) is 0 Å². The summed E-state index contributed by atoms with van der Waals surface area (Å²) in [5, 5.41) is 2.45. The minimum atomic E-state index is -0.535. The number of rotatable bonds is 7. The Morgan fingerprint density at radius 1 is 1.54 bits per heavy atom. The van der Waals surface area contributed by atoms with Crippen molar-refractivity contribution in [2.75, 3.05) is 26.7 Å². The second-order valence-electron chi connectivity index (χ2n) is 5.38. The van der Waals surface area contributed by atoms with Crippen molar-refractivity contribution in [3.05, 3.63) is 33.1 Å². The highest BCUT2D eigenvalue weighted by atomic mass is 16.6. The zero-order chi connectivity index (χ0) is 17.5. The van der Waals surface area contributed by atoms with Crippen LogP contribution in [0.15, 0.2) is 21.9 Å². The number of aromatic nitrogens is 2. The molecule has 2 amide bonds. The first kappa shape index (κ1) is 17.7. The Bertz CT molecular complexity index is 684. The third kappa shape index (κ3) is 4.69. The molecule has 0 radical (unpaired) electrons. The van der Waals surface area contributed by atoms with Crippen LogP contribution >= 0.6 is 0 Å². The zero-order valence-corrected chi connectivity index (χ0v) is 13.3. The molecule has 0 spiro atoms. The zero-order valence-electron chi connectivity index (χ0n) is 13.3. The Morgan fingerprint density at radius 2 is 2.33 bits per heavy atom. The van der Waals surface area contributed by atoms with E-state index in [1.807, 2.05) is 0 Å². The fourth-order valence-corrected chi connectivity index (χ4v) is 2.32. The molecule has 1 aliphatic rings. The largest absolute Gasteiger partial charge is 0.447 e. The number of amides is 2. The molecular weight excluding hydrogens is 320 g/mol. The Morgan fingerprint density at radius 3 is 3.04 bits per heavy atom. The summed E-state index contributed by atoms with van der Waals surface area (Å²) in [4.78, 5) is 48.2. The number of aromatic amines is 1. The van der Waals surface area contributed by atoms with Crippen molar-refractivity contribution in [1.29, 1.82) is 0 Å². The van der Waals surface area contributed by atoms with Gasteiger partial charge in [-0.2, -0.15) is 0 Å². The Kier molecular flexibility index (Phi) is 6.13. The third-order valence-corrected chi connectivity index (χ3v) is 3.63. The highest BCUT2D eigenvalue weighted by molar-refractivity contribution is 5.67. The lowest BCUT2D eigenvalue weighted by molar-refractivity contribution is -0.109. The van der Waals surface area contributed by atoms with E-state index in [1.54, 1.807) is 7.05 Å². The van der Waals surface area contributed by atoms with Gasteiger partial charge in [0.05, 0.1) is 6.10 Å². The van der Waals surface area contributed by atoms with Crippen LogP contribution in [0, 0.1) is 0 Å². The van der Waals surface area contributed by atoms with Crippen LogP contribution in [0.5, 0.6) is 0 Å². The molecule has 1 aliphatic heterocycles. The van der Waals surface area contributed by atoms with E-state index < -0.39 is 23.6 Å². The lowest BCUT2D eigenvalue weighted by Gasteiger charge is -2.19. The van der Waals surface area contributed by atoms with Crippen LogP contribution in [0.1, 0.15) is 19.1 Å². The first-order valence-corrected chi connectivity index (χ1v) is 7.53. The van der Waals surface area contributed by atoms with E-state index in [1.165, 1.54) is 21.7 Å². The summed E-state index contributed by atoms with van der Waals surface area (Å²) in [7, 11) is 1.56. The molecule has 0 bridgehead atoms. The van der Waals surface area contributed by atoms with Gasteiger partial charge >= 0.3 is 11.8 Å². The van der Waals surface area contributed by atoms with E-state index in [0.717, 1.165) is 0 Å². The molecule has 0 aliphatic carbocycles. The first-order valence-electron chi connectivity index (χ1n) is 7.53. The third-order valence-electron chi connectivity index (χ3n) is 3.63. The van der Waals surface area contributed by atoms with E-state index in [-0.39, 0.29) is 12.7 Å². The van der Waals surface area contributed by atoms with Gasteiger partial charge in [0.15, 0.2) is 0 Å². The van der Waals surface area contributed by atoms with Gasteiger partial charge in [0, 0.05) is 32.4 Å². The van der Waals surface area contributed by atoms with Crippen LogP contribution in [0.25, 0.3) is 0 Å². The maximum absolute atomic E-state index is 11.8. The van der Waals surface area contributed by atoms with Crippen molar-refractivity contribution in [3.8, 4) is 0 Å². The fraction of sp³-hybridized carbons (Fsp3) is 0.571. The van der Waals surface area contributed by atoms with Crippen LogP contribution in [-0.4, -0.2) is 59.8 Å². The number of carbonyl (C=O) groups excluding carboxylic acids is 2. The Hall–Kier alpha value is -2.62. The number of hydrogen-bond donors (Lipinski definition) is 2. The van der Waals surface area contributed by atoms with Gasteiger partial charge in [0.25, 0.3) is 5.56 Å². The summed E-state index contributed by atoms with van der Waals surface area (Å²) in [5.74, 6) is 0. The molecule has 0 aromatic carbocycles. The molecule has 2 unspecified atom stereocenters. The van der Waals surface area contributed by atoms with Crippen LogP contribution in [0.2, 0.25) is 0 Å². The summed E-state index contributed by atoms with van der Waals surface area (Å²) in [6.07, 6.45) is 1.81. The van der Waals surface area contributed by atoms with Gasteiger partial charge in [0.1, 0.15) is 12.8 Å². The normalized spacial score (nSPS) is 19.7. The first-order chi connectivity index (χ1) is 11.5. The van der Waals surface area contributed by atoms with Crippen molar-refractivity contribution in [3.63, 3.8) is 0 Å². The number of carbonyl (C=O) groups is 2. The topological polar surface area (TPSA) is 123 Å². The number of ether oxygens (including phenoxy) is 2. The van der Waals surface area contributed by atoms with Gasteiger partial charge in [-0.1, -0.05) is 0 Å². The summed E-state index contributed by atoms with van der Waals surface area (Å²) >= 11 is 0. The van der Waals surface area contributed by atoms with Gasteiger partial charge in [-0.3, -0.25) is 19.1 Å². The number of H-pyrrole nitrogens is 1. The van der Waals surface area contributed by atoms with E-state index in [4.69, 9.17) is 9.47 Å². The number of nitrogens with one attached hydrogen (secondary N) is 2.